The Kier molecular flexibility index (Phi) is 12.0. The van der Waals surface area contributed by atoms with Crippen molar-refractivity contribution in [1.82, 2.24) is 0 Å². The standard InChI is InChI=1S/C19H15.C3H8N.2CH3.Si.Ti/c1-12-11-13(2)19-17-10-6-4-8-15(17)14-7-3-5-9-16(14)18(12)19;1-3(2)4;;;;/h3-9,11,13H,1-2H3;3-4H,1-2H3;2*1H3;;/q4*-1;;+4. The number of nitrogens with one attached hydrogen (secondary N) is 1. The molecule has 1 aliphatic rings. The van der Waals surface area contributed by atoms with Gasteiger partial charge in [-0.05, 0) is 18.2 Å². The summed E-state index contributed by atoms with van der Waals surface area (Å²) in [5, 5.41) is 5.33. The van der Waals surface area contributed by atoms with Crippen molar-refractivity contribution in [3.8, 4) is 0 Å². The molecule has 0 heterocycles. The van der Waals surface area contributed by atoms with Crippen molar-refractivity contribution in [1.29, 1.82) is 0 Å². The Labute approximate surface area is 185 Å². The Bertz CT molecular complexity index is 897. The van der Waals surface area contributed by atoms with Gasteiger partial charge in [-0.2, -0.15) is 0 Å². The zero-order valence-corrected chi connectivity index (χ0v) is 19.8. The van der Waals surface area contributed by atoms with E-state index in [9.17, 15) is 0 Å². The van der Waals surface area contributed by atoms with Gasteiger partial charge in [-0.15, -0.1) is 46.6 Å². The number of benzene rings is 3. The minimum absolute atomic E-state index is 0. The molecule has 0 fully saturated rings. The average molecular weight is 407 g/mol. The fourth-order valence-corrected chi connectivity index (χ4v) is 3.51. The Morgan fingerprint density at radius 1 is 0.963 bits per heavy atom. The number of allylic oxidation sites excluding steroid dienone is 2. The number of rotatable bonds is 0. The van der Waals surface area contributed by atoms with E-state index in [1.54, 1.807) is 0 Å². The smallest absolute Gasteiger partial charge is 0.675 e. The van der Waals surface area contributed by atoms with E-state index in [1.165, 1.54) is 38.2 Å². The summed E-state index contributed by atoms with van der Waals surface area (Å²) in [6.45, 7) is 8.17. The van der Waals surface area contributed by atoms with Crippen molar-refractivity contribution in [2.24, 2.45) is 0 Å². The van der Waals surface area contributed by atoms with Crippen LogP contribution in [0.1, 0.15) is 44.7 Å². The number of hydrogen-bond donors (Lipinski definition) is 0. The van der Waals surface area contributed by atoms with Crippen molar-refractivity contribution in [2.45, 2.75) is 39.7 Å². The Hall–Kier alpha value is -1.19. The molecule has 1 nitrogen and oxygen atoms in total. The van der Waals surface area contributed by atoms with Crippen molar-refractivity contribution in [3.63, 3.8) is 0 Å². The molecule has 0 bridgehead atoms. The molecule has 0 amide bonds. The second-order valence-corrected chi connectivity index (χ2v) is 6.59. The molecule has 138 valence electrons. The first-order valence-corrected chi connectivity index (χ1v) is 8.25. The molecule has 27 heavy (non-hydrogen) atoms. The van der Waals surface area contributed by atoms with E-state index in [-0.39, 0.29) is 53.6 Å². The molecule has 0 aromatic heterocycles. The van der Waals surface area contributed by atoms with Crippen LogP contribution in [-0.4, -0.2) is 17.0 Å². The van der Waals surface area contributed by atoms with E-state index in [2.05, 4.69) is 62.4 Å². The first-order valence-electron chi connectivity index (χ1n) is 8.25. The van der Waals surface area contributed by atoms with Gasteiger partial charge in [0.15, 0.2) is 0 Å². The van der Waals surface area contributed by atoms with Gasteiger partial charge in [0, 0.05) is 11.0 Å². The average Bonchev–Trinajstić information content (AvgIpc) is 2.82. The van der Waals surface area contributed by atoms with Gasteiger partial charge in [0.25, 0.3) is 0 Å². The largest absolute Gasteiger partial charge is 4.00 e. The topological polar surface area (TPSA) is 23.8 Å². The van der Waals surface area contributed by atoms with Gasteiger partial charge < -0.3 is 20.6 Å². The fraction of sp³-hybridized carbons (Fsp3) is 0.250. The molecule has 0 saturated heterocycles. The molecule has 0 aliphatic heterocycles. The maximum atomic E-state index is 6.58. The van der Waals surface area contributed by atoms with Crippen molar-refractivity contribution in [3.05, 3.63) is 86.3 Å². The predicted molar refractivity (Wildman–Crippen MR) is 120 cm³/mol. The van der Waals surface area contributed by atoms with Crippen molar-refractivity contribution >= 4 is 38.1 Å². The molecular weight excluding hydrogens is 378 g/mol. The molecule has 4 radical (unpaired) electrons. The van der Waals surface area contributed by atoms with Gasteiger partial charge in [0.05, 0.1) is 0 Å². The molecular formula is C24H29NSiTi. The Morgan fingerprint density at radius 2 is 1.48 bits per heavy atom. The molecule has 3 aromatic rings. The van der Waals surface area contributed by atoms with E-state index in [0.29, 0.717) is 5.92 Å². The van der Waals surface area contributed by atoms with Gasteiger partial charge >= 0.3 is 21.7 Å². The van der Waals surface area contributed by atoms with Crippen molar-refractivity contribution < 1.29 is 21.7 Å². The maximum Gasteiger partial charge on any atom is 4.00 e. The first-order chi connectivity index (χ1) is 11.0. The third kappa shape index (κ3) is 5.42. The number of fused-ring (bicyclic) bond motifs is 6. The van der Waals surface area contributed by atoms with Crippen LogP contribution in [0.2, 0.25) is 0 Å². The Morgan fingerprint density at radius 3 is 2.07 bits per heavy atom. The van der Waals surface area contributed by atoms with Crippen LogP contribution in [0.4, 0.5) is 0 Å². The second kappa shape index (κ2) is 11.6. The molecule has 1 atom stereocenters. The van der Waals surface area contributed by atoms with Gasteiger partial charge in [0.1, 0.15) is 0 Å². The third-order valence-corrected chi connectivity index (χ3v) is 4.23. The van der Waals surface area contributed by atoms with E-state index in [1.807, 2.05) is 19.9 Å². The summed E-state index contributed by atoms with van der Waals surface area (Å²) in [6, 6.07) is 18.6. The van der Waals surface area contributed by atoms with Crippen LogP contribution in [-0.2, 0) is 21.7 Å². The monoisotopic (exact) mass is 407 g/mol. The van der Waals surface area contributed by atoms with Crippen molar-refractivity contribution in [2.75, 3.05) is 0 Å². The maximum absolute atomic E-state index is 6.58. The molecule has 4 rings (SSSR count). The first kappa shape index (κ1) is 28.0. The quantitative estimate of drug-likeness (QED) is 0.212. The summed E-state index contributed by atoms with van der Waals surface area (Å²) in [5.41, 5.74) is 10.9. The summed E-state index contributed by atoms with van der Waals surface area (Å²) in [5.74, 6) is 0.487. The zero-order chi connectivity index (χ0) is 16.6. The van der Waals surface area contributed by atoms with E-state index < -0.39 is 0 Å². The summed E-state index contributed by atoms with van der Waals surface area (Å²) in [6.07, 6.45) is 2.37. The molecule has 3 heteroatoms. The van der Waals surface area contributed by atoms with E-state index in [4.69, 9.17) is 5.73 Å². The summed E-state index contributed by atoms with van der Waals surface area (Å²) in [7, 11) is 0. The van der Waals surface area contributed by atoms with Crippen LogP contribution in [0.5, 0.6) is 0 Å². The summed E-state index contributed by atoms with van der Waals surface area (Å²) < 4.78 is 0. The zero-order valence-electron chi connectivity index (χ0n) is 17.3. The van der Waals surface area contributed by atoms with Gasteiger partial charge in [-0.1, -0.05) is 67.6 Å². The third-order valence-electron chi connectivity index (χ3n) is 4.23. The molecule has 0 saturated carbocycles. The van der Waals surface area contributed by atoms with Crippen LogP contribution in [0.25, 0.3) is 32.9 Å². The van der Waals surface area contributed by atoms with Crippen LogP contribution in [0.15, 0.2) is 48.5 Å². The summed E-state index contributed by atoms with van der Waals surface area (Å²) in [4.78, 5) is 0. The molecule has 1 unspecified atom stereocenters. The minimum Gasteiger partial charge on any atom is -0.675 e. The molecule has 1 aliphatic carbocycles. The predicted octanol–water partition coefficient (Wildman–Crippen LogP) is 7.28. The van der Waals surface area contributed by atoms with E-state index in [0.717, 1.165) is 0 Å². The molecule has 0 spiro atoms. The van der Waals surface area contributed by atoms with Gasteiger partial charge in [-0.25, -0.2) is 0 Å². The summed E-state index contributed by atoms with van der Waals surface area (Å²) >= 11 is 0. The van der Waals surface area contributed by atoms with Crippen LogP contribution < -0.4 is 0 Å². The second-order valence-electron chi connectivity index (χ2n) is 6.59. The van der Waals surface area contributed by atoms with Crippen LogP contribution >= 0.6 is 0 Å². The fourth-order valence-electron chi connectivity index (χ4n) is 3.51. The van der Waals surface area contributed by atoms with Gasteiger partial charge in [0.2, 0.25) is 0 Å². The SMILES string of the molecule is CC(C)[NH-].CC1=CC(C)c2c1c1ccccc1c1ccc[c-]c21.[CH3-].[CH3-].[Si].[Ti+4]. The minimum atomic E-state index is 0. The van der Waals surface area contributed by atoms with E-state index >= 15 is 0 Å². The molecule has 3 aromatic carbocycles. The normalized spacial score (nSPS) is 13.9. The van der Waals surface area contributed by atoms with Gasteiger partial charge in [-0.3, -0.25) is 0 Å². The molecule has 1 N–H and O–H groups in total. The Balaban J connectivity index is 0. The van der Waals surface area contributed by atoms with Crippen LogP contribution in [0, 0.1) is 20.9 Å². The van der Waals surface area contributed by atoms with Crippen LogP contribution in [0.3, 0.4) is 0 Å². The number of hydrogen-bond acceptors (Lipinski definition) is 0.